The van der Waals surface area contributed by atoms with Crippen molar-refractivity contribution in [1.82, 2.24) is 15.6 Å². The van der Waals surface area contributed by atoms with E-state index in [1.54, 1.807) is 0 Å². The Morgan fingerprint density at radius 2 is 2.35 bits per heavy atom. The van der Waals surface area contributed by atoms with Gasteiger partial charge in [-0.1, -0.05) is 11.6 Å². The SMILES string of the molecule is O=C(NCCOc1ncc(C(F)(F)F)cc1Cl)C1COCCN1. The summed E-state index contributed by atoms with van der Waals surface area (Å²) in [6, 6.07) is 0.322. The molecule has 0 saturated carbocycles. The highest BCUT2D eigenvalue weighted by Gasteiger charge is 2.31. The van der Waals surface area contributed by atoms with Crippen LogP contribution >= 0.6 is 11.6 Å². The van der Waals surface area contributed by atoms with Crippen LogP contribution in [0.4, 0.5) is 13.2 Å². The molecule has 0 spiro atoms. The van der Waals surface area contributed by atoms with Gasteiger partial charge < -0.3 is 20.1 Å². The molecule has 1 amide bonds. The second-order valence-corrected chi connectivity index (χ2v) is 5.14. The van der Waals surface area contributed by atoms with Gasteiger partial charge in [-0.25, -0.2) is 4.98 Å². The maximum absolute atomic E-state index is 12.5. The Balaban J connectivity index is 1.77. The highest BCUT2D eigenvalue weighted by Crippen LogP contribution is 2.32. The standard InChI is InChI=1S/C13H15ClF3N3O3/c14-9-5-8(13(15,16)17)6-20-12(9)23-4-2-19-11(21)10-7-22-3-1-18-10/h5-6,10,18H,1-4,7H2,(H,19,21). The van der Waals surface area contributed by atoms with Gasteiger partial charge in [0.05, 0.1) is 25.3 Å². The molecular weight excluding hydrogens is 339 g/mol. The topological polar surface area (TPSA) is 72.5 Å². The molecule has 1 fully saturated rings. The van der Waals surface area contributed by atoms with Crippen LogP contribution in [0.5, 0.6) is 5.88 Å². The minimum atomic E-state index is -4.52. The van der Waals surface area contributed by atoms with Crippen molar-refractivity contribution in [3.8, 4) is 5.88 Å². The van der Waals surface area contributed by atoms with E-state index in [-0.39, 0.29) is 30.0 Å². The fourth-order valence-corrected chi connectivity index (χ4v) is 2.09. The van der Waals surface area contributed by atoms with Gasteiger partial charge in [-0.05, 0) is 6.07 Å². The molecule has 1 atom stereocenters. The van der Waals surface area contributed by atoms with E-state index in [0.717, 1.165) is 6.07 Å². The minimum absolute atomic E-state index is 0.0252. The number of rotatable bonds is 5. The molecule has 0 aliphatic carbocycles. The number of pyridine rings is 1. The van der Waals surface area contributed by atoms with Crippen LogP contribution in [-0.2, 0) is 15.7 Å². The number of hydrogen-bond donors (Lipinski definition) is 2. The van der Waals surface area contributed by atoms with Crippen LogP contribution in [0.1, 0.15) is 5.56 Å². The van der Waals surface area contributed by atoms with Gasteiger partial charge in [-0.2, -0.15) is 13.2 Å². The average molecular weight is 354 g/mol. The Hall–Kier alpha value is -1.58. The van der Waals surface area contributed by atoms with Crippen LogP contribution in [0, 0.1) is 0 Å². The van der Waals surface area contributed by atoms with Gasteiger partial charge in [0.15, 0.2) is 0 Å². The van der Waals surface area contributed by atoms with E-state index in [9.17, 15) is 18.0 Å². The summed E-state index contributed by atoms with van der Waals surface area (Å²) in [7, 11) is 0. The van der Waals surface area contributed by atoms with E-state index in [1.165, 1.54) is 0 Å². The average Bonchev–Trinajstić information content (AvgIpc) is 2.52. The number of nitrogens with one attached hydrogen (secondary N) is 2. The fraction of sp³-hybridized carbons (Fsp3) is 0.538. The van der Waals surface area contributed by atoms with Gasteiger partial charge >= 0.3 is 6.18 Å². The first-order valence-electron chi connectivity index (χ1n) is 6.82. The molecule has 1 aliphatic heterocycles. The molecule has 1 saturated heterocycles. The minimum Gasteiger partial charge on any atom is -0.475 e. The quantitative estimate of drug-likeness (QED) is 0.779. The molecule has 6 nitrogen and oxygen atoms in total. The molecular formula is C13H15ClF3N3O3. The first kappa shape index (κ1) is 17.8. The Kier molecular flexibility index (Phi) is 6.03. The van der Waals surface area contributed by atoms with Gasteiger partial charge in [-0.15, -0.1) is 0 Å². The van der Waals surface area contributed by atoms with E-state index in [2.05, 4.69) is 15.6 Å². The number of carbonyl (C=O) groups is 1. The lowest BCUT2D eigenvalue weighted by Gasteiger charge is -2.22. The number of ether oxygens (including phenoxy) is 2. The molecule has 2 N–H and O–H groups in total. The molecule has 10 heteroatoms. The van der Waals surface area contributed by atoms with Gasteiger partial charge in [0, 0.05) is 12.7 Å². The van der Waals surface area contributed by atoms with Crippen molar-refractivity contribution in [3.63, 3.8) is 0 Å². The number of halogens is 4. The van der Waals surface area contributed by atoms with Gasteiger partial charge in [0.2, 0.25) is 11.8 Å². The molecule has 1 aromatic heterocycles. The largest absolute Gasteiger partial charge is 0.475 e. The summed E-state index contributed by atoms with van der Waals surface area (Å²) in [5.74, 6) is -0.354. The van der Waals surface area contributed by atoms with Gasteiger partial charge in [0.25, 0.3) is 0 Å². The number of hydrogen-bond acceptors (Lipinski definition) is 5. The first-order valence-corrected chi connectivity index (χ1v) is 7.20. The fourth-order valence-electron chi connectivity index (χ4n) is 1.87. The maximum atomic E-state index is 12.5. The summed E-state index contributed by atoms with van der Waals surface area (Å²) in [6.07, 6.45) is -3.87. The predicted octanol–water partition coefficient (Wildman–Crippen LogP) is 1.24. The monoisotopic (exact) mass is 353 g/mol. The Morgan fingerprint density at radius 3 is 2.96 bits per heavy atom. The lowest BCUT2D eigenvalue weighted by molar-refractivity contribution is -0.137. The number of morpholine rings is 1. The molecule has 0 bridgehead atoms. The lowest BCUT2D eigenvalue weighted by Crippen LogP contribution is -2.51. The highest BCUT2D eigenvalue weighted by atomic mass is 35.5. The number of amides is 1. The third kappa shape index (κ3) is 5.22. The molecule has 23 heavy (non-hydrogen) atoms. The summed E-state index contributed by atoms with van der Waals surface area (Å²) in [5, 5.41) is 5.37. The van der Waals surface area contributed by atoms with E-state index in [1.807, 2.05) is 0 Å². The van der Waals surface area contributed by atoms with Crippen LogP contribution in [0.2, 0.25) is 5.02 Å². The van der Waals surface area contributed by atoms with Crippen molar-refractivity contribution < 1.29 is 27.4 Å². The normalized spacial score (nSPS) is 18.5. The van der Waals surface area contributed by atoms with E-state index < -0.39 is 17.8 Å². The number of nitrogens with zero attached hydrogens (tertiary/aromatic N) is 1. The van der Waals surface area contributed by atoms with Crippen LogP contribution in [0.3, 0.4) is 0 Å². The Morgan fingerprint density at radius 1 is 1.57 bits per heavy atom. The first-order chi connectivity index (χ1) is 10.9. The Labute approximate surface area is 135 Å². The summed E-state index contributed by atoms with van der Waals surface area (Å²) in [5.41, 5.74) is -0.952. The number of carbonyl (C=O) groups excluding carboxylic acids is 1. The van der Waals surface area contributed by atoms with Crippen molar-refractivity contribution in [2.45, 2.75) is 12.2 Å². The zero-order chi connectivity index (χ0) is 16.9. The summed E-state index contributed by atoms with van der Waals surface area (Å²) in [4.78, 5) is 15.3. The second-order valence-electron chi connectivity index (χ2n) is 4.73. The zero-order valence-electron chi connectivity index (χ0n) is 12.0. The number of aromatic nitrogens is 1. The van der Waals surface area contributed by atoms with Crippen LogP contribution in [0.15, 0.2) is 12.3 Å². The molecule has 0 aromatic carbocycles. The summed E-state index contributed by atoms with van der Waals surface area (Å²) in [6.45, 7) is 1.64. The molecule has 0 radical (unpaired) electrons. The molecule has 1 aliphatic rings. The lowest BCUT2D eigenvalue weighted by atomic mass is 10.2. The van der Waals surface area contributed by atoms with Gasteiger partial charge in [-0.3, -0.25) is 4.79 Å². The van der Waals surface area contributed by atoms with Crippen molar-refractivity contribution >= 4 is 17.5 Å². The van der Waals surface area contributed by atoms with E-state index in [0.29, 0.717) is 26.0 Å². The third-order valence-electron chi connectivity index (χ3n) is 3.01. The highest BCUT2D eigenvalue weighted by molar-refractivity contribution is 6.31. The van der Waals surface area contributed by atoms with Crippen molar-refractivity contribution in [1.29, 1.82) is 0 Å². The van der Waals surface area contributed by atoms with Crippen LogP contribution < -0.4 is 15.4 Å². The Bertz CT molecular complexity index is 551. The maximum Gasteiger partial charge on any atom is 0.417 e. The van der Waals surface area contributed by atoms with Crippen molar-refractivity contribution in [2.75, 3.05) is 32.9 Å². The summed E-state index contributed by atoms with van der Waals surface area (Å²) >= 11 is 5.70. The molecule has 2 heterocycles. The van der Waals surface area contributed by atoms with Gasteiger partial charge in [0.1, 0.15) is 17.7 Å². The third-order valence-corrected chi connectivity index (χ3v) is 3.28. The van der Waals surface area contributed by atoms with Crippen LogP contribution in [-0.4, -0.2) is 49.8 Å². The van der Waals surface area contributed by atoms with E-state index in [4.69, 9.17) is 21.1 Å². The molecule has 128 valence electrons. The predicted molar refractivity (Wildman–Crippen MR) is 75.4 cm³/mol. The van der Waals surface area contributed by atoms with Crippen molar-refractivity contribution in [3.05, 3.63) is 22.8 Å². The number of alkyl halides is 3. The zero-order valence-corrected chi connectivity index (χ0v) is 12.7. The molecule has 1 aromatic rings. The molecule has 1 unspecified atom stereocenters. The van der Waals surface area contributed by atoms with Crippen molar-refractivity contribution in [2.24, 2.45) is 0 Å². The molecule has 2 rings (SSSR count). The summed E-state index contributed by atoms with van der Waals surface area (Å²) < 4.78 is 47.7. The van der Waals surface area contributed by atoms with E-state index >= 15 is 0 Å². The second kappa shape index (κ2) is 7.80. The smallest absolute Gasteiger partial charge is 0.417 e. The van der Waals surface area contributed by atoms with Crippen LogP contribution in [0.25, 0.3) is 0 Å².